The van der Waals surface area contributed by atoms with Gasteiger partial charge < -0.3 is 20.4 Å². The second kappa shape index (κ2) is 24.3. The monoisotopic (exact) mass is 1010 g/mol. The van der Waals surface area contributed by atoms with E-state index in [9.17, 15) is 0 Å². The molecule has 0 fully saturated rings. The number of nitrogens with zero attached hydrogens (tertiary/aromatic N) is 7. The van der Waals surface area contributed by atoms with Crippen LogP contribution in [0.15, 0.2) is 304 Å². The third-order valence-electron chi connectivity index (χ3n) is 13.4. The lowest BCUT2D eigenvalue weighted by atomic mass is 10.0. The number of nitrogen functional groups attached to an aromatic ring is 1. The Hall–Kier alpha value is -10.4. The van der Waals surface area contributed by atoms with Gasteiger partial charge in [-0.1, -0.05) is 206 Å². The van der Waals surface area contributed by atoms with E-state index in [0.717, 1.165) is 92.0 Å². The summed E-state index contributed by atoms with van der Waals surface area (Å²) in [5.74, 6) is 0.995. The largest absolute Gasteiger partial charge is 0.368 e. The van der Waals surface area contributed by atoms with E-state index in [0.29, 0.717) is 5.95 Å². The van der Waals surface area contributed by atoms with Crippen LogP contribution in [0, 0.1) is 0 Å². The van der Waals surface area contributed by atoms with Gasteiger partial charge in [-0.3, -0.25) is 0 Å². The second-order valence-electron chi connectivity index (χ2n) is 18.6. The lowest BCUT2D eigenvalue weighted by Crippen LogP contribution is -2.24. The fourth-order valence-corrected chi connectivity index (χ4v) is 9.48. The molecule has 8 heteroatoms. The summed E-state index contributed by atoms with van der Waals surface area (Å²) in [5.41, 5.74) is 23.3. The average molecular weight is 1010 g/mol. The van der Waals surface area contributed by atoms with E-state index >= 15 is 0 Å². The first-order chi connectivity index (χ1) is 38.6. The summed E-state index contributed by atoms with van der Waals surface area (Å²) in [6.07, 6.45) is 3.54. The van der Waals surface area contributed by atoms with Gasteiger partial charge in [0.2, 0.25) is 11.9 Å². The van der Waals surface area contributed by atoms with Crippen LogP contribution in [-0.2, 0) is 13.1 Å². The standard InChI is InChI=1S/C42H34N4.C28H22N4/c1-5-13-33(14-6-1)31-45(32-34-15-7-2-8-16-34)42-43-30-29-41(44-42)37-23-21-35(22-24-37)36-25-27-40(28-26-36)46(38-17-9-3-10-18-38)39-19-11-4-12-20-39;29-28-30-20-19-27(31-28)23-13-11-21(12-14-23)22-15-17-26(18-16-22)32(24-7-3-1-4-8-24)25-9-5-2-6-10-25/h1-30H,31-32H2;1-20H,(H2,29,30,31). The summed E-state index contributed by atoms with van der Waals surface area (Å²) >= 11 is 0. The predicted molar refractivity (Wildman–Crippen MR) is 322 cm³/mol. The van der Waals surface area contributed by atoms with E-state index < -0.39 is 0 Å². The third-order valence-corrected chi connectivity index (χ3v) is 13.4. The summed E-state index contributed by atoms with van der Waals surface area (Å²) in [6.45, 7) is 1.44. The lowest BCUT2D eigenvalue weighted by molar-refractivity contribution is 0.764. The molecule has 0 aliphatic carbocycles. The SMILES string of the molecule is Nc1nccc(-c2ccc(-c3ccc(N(c4ccccc4)c4ccccc4)cc3)cc2)n1.c1ccc(CN(Cc2ccccc2)c2nccc(-c3ccc(-c4ccc(N(c5ccccc5)c5ccccc5)cc4)cc3)n2)cc1. The van der Waals surface area contributed by atoms with Gasteiger partial charge in [0.1, 0.15) is 0 Å². The van der Waals surface area contributed by atoms with E-state index in [2.05, 4.69) is 267 Å². The van der Waals surface area contributed by atoms with Crippen LogP contribution in [0.4, 0.5) is 46.0 Å². The van der Waals surface area contributed by atoms with Gasteiger partial charge in [0.25, 0.3) is 0 Å². The minimum Gasteiger partial charge on any atom is -0.368 e. The Morgan fingerprint density at radius 3 is 0.897 bits per heavy atom. The molecule has 2 N–H and O–H groups in total. The van der Waals surface area contributed by atoms with Crippen LogP contribution < -0.4 is 20.4 Å². The Balaban J connectivity index is 0.000000177. The third kappa shape index (κ3) is 12.2. The van der Waals surface area contributed by atoms with Gasteiger partial charge in [0.05, 0.1) is 11.4 Å². The van der Waals surface area contributed by atoms with Crippen LogP contribution >= 0.6 is 0 Å². The Morgan fingerprint density at radius 1 is 0.269 bits per heavy atom. The maximum atomic E-state index is 5.71. The number of nitrogens with two attached hydrogens (primary N) is 1. The Labute approximate surface area is 456 Å². The molecule has 0 bridgehead atoms. The Kier molecular flexibility index (Phi) is 15.5. The van der Waals surface area contributed by atoms with Crippen molar-refractivity contribution < 1.29 is 0 Å². The van der Waals surface area contributed by atoms with Gasteiger partial charge in [-0.25, -0.2) is 19.9 Å². The summed E-state index contributed by atoms with van der Waals surface area (Å²) in [7, 11) is 0. The van der Waals surface area contributed by atoms with E-state index in [1.807, 2.05) is 54.7 Å². The summed E-state index contributed by atoms with van der Waals surface area (Å²) in [6, 6.07) is 101. The maximum Gasteiger partial charge on any atom is 0.226 e. The molecule has 12 aromatic rings. The van der Waals surface area contributed by atoms with Crippen molar-refractivity contribution in [1.29, 1.82) is 0 Å². The molecule has 0 unspecified atom stereocenters. The fourth-order valence-electron chi connectivity index (χ4n) is 9.48. The lowest BCUT2D eigenvalue weighted by Gasteiger charge is -2.25. The molecule has 0 radical (unpaired) electrons. The minimum atomic E-state index is 0.281. The molecule has 0 aliphatic heterocycles. The maximum absolute atomic E-state index is 5.71. The van der Waals surface area contributed by atoms with Crippen LogP contribution in [0.25, 0.3) is 44.8 Å². The zero-order valence-electron chi connectivity index (χ0n) is 43.0. The average Bonchev–Trinajstić information content (AvgIpc) is 3.52. The van der Waals surface area contributed by atoms with Crippen LogP contribution in [0.2, 0.25) is 0 Å². The molecule has 376 valence electrons. The highest BCUT2D eigenvalue weighted by Crippen LogP contribution is 2.37. The summed E-state index contributed by atoms with van der Waals surface area (Å²) in [5, 5.41) is 0. The molecule has 0 spiro atoms. The van der Waals surface area contributed by atoms with E-state index in [1.165, 1.54) is 11.1 Å². The molecule has 10 aromatic carbocycles. The van der Waals surface area contributed by atoms with Crippen molar-refractivity contribution in [2.24, 2.45) is 0 Å². The van der Waals surface area contributed by atoms with Gasteiger partial charge >= 0.3 is 0 Å². The molecule has 0 saturated carbocycles. The number of aromatic nitrogens is 4. The number of benzene rings is 10. The van der Waals surface area contributed by atoms with E-state index in [4.69, 9.17) is 15.7 Å². The van der Waals surface area contributed by atoms with Crippen molar-refractivity contribution >= 4 is 46.0 Å². The molecule has 2 aromatic heterocycles. The van der Waals surface area contributed by atoms with Gasteiger partial charge in [0.15, 0.2) is 0 Å². The number of anilines is 8. The van der Waals surface area contributed by atoms with Crippen molar-refractivity contribution in [2.75, 3.05) is 20.4 Å². The highest BCUT2D eigenvalue weighted by molar-refractivity contribution is 5.80. The van der Waals surface area contributed by atoms with Crippen molar-refractivity contribution in [3.8, 4) is 44.8 Å². The van der Waals surface area contributed by atoms with Crippen molar-refractivity contribution in [2.45, 2.75) is 13.1 Å². The first kappa shape index (κ1) is 49.8. The van der Waals surface area contributed by atoms with Crippen LogP contribution in [0.1, 0.15) is 11.1 Å². The van der Waals surface area contributed by atoms with Gasteiger partial charge in [-0.2, -0.15) is 0 Å². The van der Waals surface area contributed by atoms with E-state index in [1.54, 1.807) is 6.20 Å². The Bertz CT molecular complexity index is 3640. The minimum absolute atomic E-state index is 0.281. The van der Waals surface area contributed by atoms with Crippen molar-refractivity contribution in [1.82, 2.24) is 19.9 Å². The molecular formula is C70H56N8. The molecule has 0 saturated heterocycles. The Morgan fingerprint density at radius 2 is 0.551 bits per heavy atom. The number of hydrogen-bond donors (Lipinski definition) is 1. The molecule has 12 rings (SSSR count). The smallest absolute Gasteiger partial charge is 0.226 e. The van der Waals surface area contributed by atoms with E-state index in [-0.39, 0.29) is 5.95 Å². The molecular weight excluding hydrogens is 953 g/mol. The summed E-state index contributed by atoms with van der Waals surface area (Å²) in [4.78, 5) is 24.8. The van der Waals surface area contributed by atoms with Crippen LogP contribution in [0.5, 0.6) is 0 Å². The molecule has 0 aliphatic rings. The summed E-state index contributed by atoms with van der Waals surface area (Å²) < 4.78 is 0. The first-order valence-electron chi connectivity index (χ1n) is 26.0. The second-order valence-corrected chi connectivity index (χ2v) is 18.6. The predicted octanol–water partition coefficient (Wildman–Crippen LogP) is 17.3. The fraction of sp³-hybridized carbons (Fsp3) is 0.0286. The van der Waals surface area contributed by atoms with Crippen molar-refractivity contribution in [3.05, 3.63) is 315 Å². The van der Waals surface area contributed by atoms with Gasteiger partial charge in [-0.15, -0.1) is 0 Å². The van der Waals surface area contributed by atoms with Crippen LogP contribution in [0.3, 0.4) is 0 Å². The number of hydrogen-bond acceptors (Lipinski definition) is 8. The molecule has 0 atom stereocenters. The molecule has 2 heterocycles. The molecule has 78 heavy (non-hydrogen) atoms. The molecule has 8 nitrogen and oxygen atoms in total. The van der Waals surface area contributed by atoms with Gasteiger partial charge in [0, 0.05) is 70.7 Å². The quantitative estimate of drug-likeness (QED) is 0.109. The highest BCUT2D eigenvalue weighted by Gasteiger charge is 2.16. The van der Waals surface area contributed by atoms with Gasteiger partial charge in [-0.05, 0) is 118 Å². The highest BCUT2D eigenvalue weighted by atomic mass is 15.2. The van der Waals surface area contributed by atoms with Crippen molar-refractivity contribution in [3.63, 3.8) is 0 Å². The number of para-hydroxylation sites is 4. The molecule has 0 amide bonds. The zero-order valence-corrected chi connectivity index (χ0v) is 43.0. The normalized spacial score (nSPS) is 10.7. The van der Waals surface area contributed by atoms with Crippen LogP contribution in [-0.4, -0.2) is 19.9 Å². The first-order valence-corrected chi connectivity index (χ1v) is 26.0. The number of rotatable bonds is 15. The topological polar surface area (TPSA) is 87.3 Å². The zero-order chi connectivity index (χ0) is 52.7.